The lowest BCUT2D eigenvalue weighted by Crippen LogP contribution is -2.41. The minimum atomic E-state index is -2.97. The van der Waals surface area contributed by atoms with Crippen LogP contribution in [-0.2, 0) is 20.0 Å². The van der Waals surface area contributed by atoms with Crippen LogP contribution in [0.15, 0.2) is 30.6 Å². The van der Waals surface area contributed by atoms with E-state index in [1.165, 1.54) is 0 Å². The smallest absolute Gasteiger partial charge is 0.316 e. The third-order valence-corrected chi connectivity index (χ3v) is 7.88. The van der Waals surface area contributed by atoms with Crippen LogP contribution in [-0.4, -0.2) is 60.2 Å². The number of sulfone groups is 1. The van der Waals surface area contributed by atoms with Crippen LogP contribution in [0.4, 0.5) is 17.1 Å². The Morgan fingerprint density at radius 3 is 2.41 bits per heavy atom. The fraction of sp³-hybridized carbons (Fsp3) is 0.542. The molecule has 1 fully saturated rings. The summed E-state index contributed by atoms with van der Waals surface area (Å²) in [7, 11) is -2.97. The summed E-state index contributed by atoms with van der Waals surface area (Å²) >= 11 is 0. The van der Waals surface area contributed by atoms with Crippen molar-refractivity contribution >= 4 is 32.9 Å². The highest BCUT2D eigenvalue weighted by Gasteiger charge is 2.30. The molecule has 10 heteroatoms. The molecule has 1 saturated heterocycles. The van der Waals surface area contributed by atoms with Crippen LogP contribution in [0.5, 0.6) is 6.01 Å². The normalized spacial score (nSPS) is 16.1. The predicted molar refractivity (Wildman–Crippen MR) is 133 cm³/mol. The number of nitrogens with one attached hydrogen (secondary N) is 1. The molecular weight excluding hydrogens is 456 g/mol. The first-order valence-corrected chi connectivity index (χ1v) is 13.4. The molecule has 3 rings (SSSR count). The van der Waals surface area contributed by atoms with Crippen molar-refractivity contribution < 1.29 is 23.1 Å². The van der Waals surface area contributed by atoms with Crippen LogP contribution in [0.1, 0.15) is 52.5 Å². The lowest BCUT2D eigenvalue weighted by Gasteiger charge is -2.37. The van der Waals surface area contributed by atoms with E-state index in [0.29, 0.717) is 37.7 Å². The Labute approximate surface area is 201 Å². The Hall–Kier alpha value is -2.88. The largest absolute Gasteiger partial charge is 0.481 e. The molecule has 0 unspecified atom stereocenters. The minimum Gasteiger partial charge on any atom is -0.481 e. The first-order valence-electron chi connectivity index (χ1n) is 11.6. The van der Waals surface area contributed by atoms with Crippen LogP contribution >= 0.6 is 0 Å². The molecule has 0 atom stereocenters. The second-order valence-electron chi connectivity index (χ2n) is 9.17. The van der Waals surface area contributed by atoms with E-state index in [0.717, 1.165) is 16.9 Å². The number of aliphatic carboxylic acids is 1. The fourth-order valence-electron chi connectivity index (χ4n) is 4.34. The highest BCUT2D eigenvalue weighted by Crippen LogP contribution is 2.37. The van der Waals surface area contributed by atoms with Crippen molar-refractivity contribution in [2.75, 3.05) is 34.9 Å². The summed E-state index contributed by atoms with van der Waals surface area (Å²) in [4.78, 5) is 22.1. The predicted octanol–water partition coefficient (Wildman–Crippen LogP) is 3.77. The van der Waals surface area contributed by atoms with E-state index in [-0.39, 0.29) is 24.0 Å². The van der Waals surface area contributed by atoms with Crippen molar-refractivity contribution in [3.8, 4) is 6.01 Å². The van der Waals surface area contributed by atoms with Gasteiger partial charge in [0.15, 0.2) is 0 Å². The van der Waals surface area contributed by atoms with Gasteiger partial charge in [0, 0.05) is 18.0 Å². The second-order valence-corrected chi connectivity index (χ2v) is 11.5. The fourth-order valence-corrected chi connectivity index (χ4v) is 5.81. The van der Waals surface area contributed by atoms with E-state index < -0.39 is 21.2 Å². The van der Waals surface area contributed by atoms with E-state index in [4.69, 9.17) is 4.74 Å². The van der Waals surface area contributed by atoms with E-state index in [1.54, 1.807) is 12.4 Å². The number of hydrogen-bond acceptors (Lipinski definition) is 8. The Balaban J connectivity index is 1.99. The molecule has 1 aliphatic rings. The number of carbonyl (C=O) groups is 1. The first kappa shape index (κ1) is 25.7. The van der Waals surface area contributed by atoms with Crippen molar-refractivity contribution in [2.45, 2.75) is 58.4 Å². The highest BCUT2D eigenvalue weighted by atomic mass is 32.2. The molecule has 2 aromatic rings. The summed E-state index contributed by atoms with van der Waals surface area (Å²) in [5, 5.41) is 12.8. The van der Waals surface area contributed by atoms with Crippen molar-refractivity contribution in [2.24, 2.45) is 0 Å². The van der Waals surface area contributed by atoms with Gasteiger partial charge in [-0.2, -0.15) is 0 Å². The number of carboxylic acid groups (broad SMARTS) is 1. The van der Waals surface area contributed by atoms with Crippen LogP contribution in [0.3, 0.4) is 0 Å². The van der Waals surface area contributed by atoms with Crippen LogP contribution in [0.25, 0.3) is 0 Å². The van der Waals surface area contributed by atoms with Crippen LogP contribution in [0, 0.1) is 0 Å². The van der Waals surface area contributed by atoms with Gasteiger partial charge >= 0.3 is 12.0 Å². The molecule has 1 aromatic carbocycles. The lowest BCUT2D eigenvalue weighted by atomic mass is 9.81. The number of nitrogens with zero attached hydrogens (tertiary/aromatic N) is 3. The molecule has 0 aliphatic carbocycles. The van der Waals surface area contributed by atoms with E-state index in [2.05, 4.69) is 27.1 Å². The average molecular weight is 491 g/mol. The summed E-state index contributed by atoms with van der Waals surface area (Å²) in [6.45, 7) is 8.90. The zero-order valence-electron chi connectivity index (χ0n) is 20.2. The molecule has 0 spiro atoms. The molecule has 0 radical (unpaired) electrons. The van der Waals surface area contributed by atoms with Crippen LogP contribution in [0.2, 0.25) is 0 Å². The summed E-state index contributed by atoms with van der Waals surface area (Å²) in [6, 6.07) is 6.31. The zero-order chi connectivity index (χ0) is 24.9. The van der Waals surface area contributed by atoms with E-state index in [9.17, 15) is 18.3 Å². The Morgan fingerprint density at radius 1 is 1.21 bits per heavy atom. The SMILES string of the molecule is CCOc1ncc(Nc2cc(C(C)(C)CC(=O)O)ccc2N(CC)C2CCS(=O)(=O)CC2)cn1. The molecule has 0 saturated carbocycles. The number of anilines is 3. The van der Waals surface area contributed by atoms with Crippen molar-refractivity contribution in [1.29, 1.82) is 0 Å². The third-order valence-electron chi connectivity index (χ3n) is 6.17. The van der Waals surface area contributed by atoms with Gasteiger partial charge in [-0.1, -0.05) is 19.9 Å². The molecular formula is C24H34N4O5S. The Kier molecular flexibility index (Phi) is 8.01. The number of rotatable bonds is 10. The van der Waals surface area contributed by atoms with Gasteiger partial charge in [0.2, 0.25) is 0 Å². The number of hydrogen-bond donors (Lipinski definition) is 2. The molecule has 1 aliphatic heterocycles. The lowest BCUT2D eigenvalue weighted by molar-refractivity contribution is -0.138. The molecule has 9 nitrogen and oxygen atoms in total. The van der Waals surface area contributed by atoms with E-state index >= 15 is 0 Å². The highest BCUT2D eigenvalue weighted by molar-refractivity contribution is 7.91. The third kappa shape index (κ3) is 6.37. The molecule has 34 heavy (non-hydrogen) atoms. The van der Waals surface area contributed by atoms with Gasteiger partial charge in [-0.3, -0.25) is 4.79 Å². The van der Waals surface area contributed by atoms with Gasteiger partial charge in [-0.25, -0.2) is 18.4 Å². The molecule has 0 bridgehead atoms. The van der Waals surface area contributed by atoms with Gasteiger partial charge in [0.25, 0.3) is 0 Å². The molecule has 186 valence electrons. The molecule has 1 aromatic heterocycles. The quantitative estimate of drug-likeness (QED) is 0.512. The number of benzene rings is 1. The van der Waals surface area contributed by atoms with Gasteiger partial charge in [-0.15, -0.1) is 0 Å². The van der Waals surface area contributed by atoms with Crippen LogP contribution < -0.4 is 15.0 Å². The zero-order valence-corrected chi connectivity index (χ0v) is 21.1. The van der Waals surface area contributed by atoms with E-state index in [1.807, 2.05) is 39.0 Å². The Morgan fingerprint density at radius 2 is 1.85 bits per heavy atom. The maximum absolute atomic E-state index is 12.0. The number of carboxylic acids is 1. The standard InChI is InChI=1S/C24H34N4O5S/c1-5-28(19-9-11-34(31,32)12-10-19)21-8-7-17(24(3,4)14-22(29)30)13-20(21)27-18-15-25-23(26-16-18)33-6-2/h7-8,13,15-16,19,27H,5-6,9-12,14H2,1-4H3,(H,29,30). The summed E-state index contributed by atoms with van der Waals surface area (Å²) in [5.74, 6) is -0.483. The molecule has 0 amide bonds. The minimum absolute atomic E-state index is 0.00404. The van der Waals surface area contributed by atoms with Gasteiger partial charge < -0.3 is 20.1 Å². The molecule has 2 heterocycles. The number of aromatic nitrogens is 2. The van der Waals surface area contributed by atoms with Gasteiger partial charge in [-0.05, 0) is 44.4 Å². The monoisotopic (exact) mass is 490 g/mol. The van der Waals surface area contributed by atoms with Crippen molar-refractivity contribution in [3.63, 3.8) is 0 Å². The van der Waals surface area contributed by atoms with Gasteiger partial charge in [0.05, 0.1) is 54.0 Å². The second kappa shape index (κ2) is 10.6. The molecule has 2 N–H and O–H groups in total. The average Bonchev–Trinajstić information content (AvgIpc) is 2.77. The topological polar surface area (TPSA) is 122 Å². The maximum atomic E-state index is 12.0. The summed E-state index contributed by atoms with van der Waals surface area (Å²) in [5.41, 5.74) is 2.69. The first-order chi connectivity index (χ1) is 16.0. The van der Waals surface area contributed by atoms with Crippen molar-refractivity contribution in [3.05, 3.63) is 36.2 Å². The Bertz CT molecular complexity index is 1090. The summed E-state index contributed by atoms with van der Waals surface area (Å²) < 4.78 is 29.3. The maximum Gasteiger partial charge on any atom is 0.316 e. The number of ether oxygens (including phenoxy) is 1. The summed E-state index contributed by atoms with van der Waals surface area (Å²) in [6.07, 6.45) is 4.43. The van der Waals surface area contributed by atoms with Crippen molar-refractivity contribution in [1.82, 2.24) is 9.97 Å². The van der Waals surface area contributed by atoms with Gasteiger partial charge in [0.1, 0.15) is 9.84 Å².